The number of rotatable bonds is 5. The highest BCUT2D eigenvalue weighted by molar-refractivity contribution is 6.32. The summed E-state index contributed by atoms with van der Waals surface area (Å²) in [5.74, 6) is -0.678. The molecule has 0 unspecified atom stereocenters. The molecule has 0 amide bonds. The molecule has 0 saturated heterocycles. The number of aromatic nitrogens is 2. The van der Waals surface area contributed by atoms with E-state index in [1.54, 1.807) is 37.3 Å². The highest BCUT2D eigenvalue weighted by Gasteiger charge is 2.31. The molecule has 156 valence electrons. The lowest BCUT2D eigenvalue weighted by atomic mass is 10.2. The molecule has 2 aromatic carbocycles. The van der Waals surface area contributed by atoms with Gasteiger partial charge in [0.05, 0.1) is 23.4 Å². The zero-order valence-corrected chi connectivity index (χ0v) is 16.2. The van der Waals surface area contributed by atoms with E-state index in [4.69, 9.17) is 25.8 Å². The van der Waals surface area contributed by atoms with E-state index < -0.39 is 17.9 Å². The Morgan fingerprint density at radius 1 is 1.10 bits per heavy atom. The molecule has 0 aliphatic carbocycles. The Bertz CT molecular complexity index is 1050. The summed E-state index contributed by atoms with van der Waals surface area (Å²) in [5, 5.41) is -0.0926. The minimum atomic E-state index is -4.60. The van der Waals surface area contributed by atoms with Gasteiger partial charge in [-0.3, -0.25) is 0 Å². The van der Waals surface area contributed by atoms with Crippen molar-refractivity contribution in [2.24, 2.45) is 0 Å². The van der Waals surface area contributed by atoms with Crippen LogP contribution in [0.1, 0.15) is 12.5 Å². The first-order valence-corrected chi connectivity index (χ1v) is 8.97. The second kappa shape index (κ2) is 9.00. The van der Waals surface area contributed by atoms with Crippen LogP contribution in [-0.4, -0.2) is 22.7 Å². The summed E-state index contributed by atoms with van der Waals surface area (Å²) in [5.41, 5.74) is -0.354. The van der Waals surface area contributed by atoms with Crippen molar-refractivity contribution in [3.05, 3.63) is 65.3 Å². The van der Waals surface area contributed by atoms with Gasteiger partial charge in [0.15, 0.2) is 5.82 Å². The van der Waals surface area contributed by atoms with Gasteiger partial charge in [-0.1, -0.05) is 41.9 Å². The van der Waals surface area contributed by atoms with Gasteiger partial charge in [-0.05, 0) is 25.1 Å². The lowest BCUT2D eigenvalue weighted by Crippen LogP contribution is -2.11. The van der Waals surface area contributed by atoms with Crippen molar-refractivity contribution in [3.8, 4) is 28.8 Å². The van der Waals surface area contributed by atoms with Crippen LogP contribution in [0.25, 0.3) is 11.4 Å². The van der Waals surface area contributed by atoms with Crippen LogP contribution >= 0.6 is 11.6 Å². The van der Waals surface area contributed by atoms with Gasteiger partial charge in [0.1, 0.15) is 5.75 Å². The van der Waals surface area contributed by atoms with E-state index in [1.165, 1.54) is 0 Å². The molecular formula is C20H14ClF3N2O4. The quantitative estimate of drug-likeness (QED) is 0.445. The molecule has 30 heavy (non-hydrogen) atoms. The Morgan fingerprint density at radius 3 is 2.50 bits per heavy atom. The van der Waals surface area contributed by atoms with E-state index in [2.05, 4.69) is 9.97 Å². The topological polar surface area (TPSA) is 70.5 Å². The van der Waals surface area contributed by atoms with Crippen LogP contribution < -0.4 is 9.47 Å². The van der Waals surface area contributed by atoms with Gasteiger partial charge in [-0.2, -0.15) is 18.2 Å². The number of hydrogen-bond donors (Lipinski definition) is 0. The minimum Gasteiger partial charge on any atom is -0.434 e. The summed E-state index contributed by atoms with van der Waals surface area (Å²) in [6, 6.07) is 11.3. The van der Waals surface area contributed by atoms with Crippen LogP contribution in [0.4, 0.5) is 18.0 Å². The molecule has 0 N–H and O–H groups in total. The molecule has 0 radical (unpaired) electrons. The molecule has 0 spiro atoms. The molecule has 1 heterocycles. The van der Waals surface area contributed by atoms with Gasteiger partial charge in [0, 0.05) is 5.56 Å². The molecule has 10 heteroatoms. The predicted octanol–water partition coefficient (Wildman–Crippen LogP) is 6.14. The first-order chi connectivity index (χ1) is 14.3. The van der Waals surface area contributed by atoms with Crippen LogP contribution in [-0.2, 0) is 10.9 Å². The Kier molecular flexibility index (Phi) is 6.41. The molecule has 6 nitrogen and oxygen atoms in total. The van der Waals surface area contributed by atoms with E-state index in [1.807, 2.05) is 0 Å². The number of carbonyl (C=O) groups excluding carboxylic acids is 1. The van der Waals surface area contributed by atoms with Crippen molar-refractivity contribution < 1.29 is 32.2 Å². The summed E-state index contributed by atoms with van der Waals surface area (Å²) in [6.07, 6.45) is -4.50. The van der Waals surface area contributed by atoms with Gasteiger partial charge in [-0.15, -0.1) is 0 Å². The molecule has 1 aromatic heterocycles. The van der Waals surface area contributed by atoms with Crippen molar-refractivity contribution in [2.45, 2.75) is 13.1 Å². The van der Waals surface area contributed by atoms with Crippen LogP contribution in [0.15, 0.2) is 54.7 Å². The lowest BCUT2D eigenvalue weighted by Gasteiger charge is -2.14. The molecule has 0 aliphatic heterocycles. The highest BCUT2D eigenvalue weighted by atomic mass is 35.5. The number of benzene rings is 2. The smallest absolute Gasteiger partial charge is 0.434 e. The predicted molar refractivity (Wildman–Crippen MR) is 102 cm³/mol. The maximum Gasteiger partial charge on any atom is 0.514 e. The third-order valence-electron chi connectivity index (χ3n) is 3.67. The van der Waals surface area contributed by atoms with Gasteiger partial charge in [-0.25, -0.2) is 9.78 Å². The van der Waals surface area contributed by atoms with Crippen molar-refractivity contribution >= 4 is 17.8 Å². The first kappa shape index (κ1) is 21.4. The largest absolute Gasteiger partial charge is 0.514 e. The molecular weight excluding hydrogens is 425 g/mol. The lowest BCUT2D eigenvalue weighted by molar-refractivity contribution is -0.137. The van der Waals surface area contributed by atoms with Crippen LogP contribution in [0, 0.1) is 0 Å². The highest BCUT2D eigenvalue weighted by Crippen LogP contribution is 2.39. The van der Waals surface area contributed by atoms with Crippen molar-refractivity contribution in [2.75, 3.05) is 6.61 Å². The van der Waals surface area contributed by atoms with Gasteiger partial charge >= 0.3 is 12.3 Å². The number of ether oxygens (including phenoxy) is 3. The Balaban J connectivity index is 2.03. The maximum absolute atomic E-state index is 13.0. The van der Waals surface area contributed by atoms with Crippen molar-refractivity contribution in [1.29, 1.82) is 0 Å². The number of hydrogen-bond acceptors (Lipinski definition) is 6. The van der Waals surface area contributed by atoms with Gasteiger partial charge < -0.3 is 14.2 Å². The zero-order valence-electron chi connectivity index (χ0n) is 15.4. The summed E-state index contributed by atoms with van der Waals surface area (Å²) in [4.78, 5) is 20.0. The van der Waals surface area contributed by atoms with Gasteiger partial charge in [0.2, 0.25) is 5.75 Å². The van der Waals surface area contributed by atoms with E-state index in [-0.39, 0.29) is 34.8 Å². The first-order valence-electron chi connectivity index (χ1n) is 8.59. The SMILES string of the molecule is CCOC(=O)Oc1cnc(-c2ccccc2)nc1Oc1cc(C(F)(F)F)ccc1Cl. The maximum atomic E-state index is 13.0. The molecule has 0 fully saturated rings. The average molecular weight is 439 g/mol. The van der Waals surface area contributed by atoms with E-state index in [0.717, 1.165) is 24.4 Å². The van der Waals surface area contributed by atoms with Crippen LogP contribution in [0.3, 0.4) is 0 Å². The fourth-order valence-electron chi connectivity index (χ4n) is 2.32. The Hall–Kier alpha value is -3.33. The zero-order chi connectivity index (χ0) is 21.7. The Labute approximate surface area is 174 Å². The number of carbonyl (C=O) groups is 1. The standard InChI is InChI=1S/C20H14ClF3N2O4/c1-2-28-19(27)30-16-11-25-17(12-6-4-3-5-7-12)26-18(16)29-15-10-13(20(22,23)24)8-9-14(15)21/h3-11H,2H2,1H3. The fraction of sp³-hybridized carbons (Fsp3) is 0.150. The van der Waals surface area contributed by atoms with Crippen LogP contribution in [0.2, 0.25) is 5.02 Å². The summed E-state index contributed by atoms with van der Waals surface area (Å²) in [6.45, 7) is 1.63. The van der Waals surface area contributed by atoms with E-state index >= 15 is 0 Å². The number of nitrogens with zero attached hydrogens (tertiary/aromatic N) is 2. The van der Waals surface area contributed by atoms with Crippen molar-refractivity contribution in [3.63, 3.8) is 0 Å². The second-order valence-electron chi connectivity index (χ2n) is 5.76. The van der Waals surface area contributed by atoms with E-state index in [9.17, 15) is 18.0 Å². The van der Waals surface area contributed by atoms with Crippen molar-refractivity contribution in [1.82, 2.24) is 9.97 Å². The summed E-state index contributed by atoms with van der Waals surface area (Å²) in [7, 11) is 0. The number of alkyl halides is 3. The fourth-order valence-corrected chi connectivity index (χ4v) is 2.48. The summed E-state index contributed by atoms with van der Waals surface area (Å²) < 4.78 is 54.4. The Morgan fingerprint density at radius 2 is 1.83 bits per heavy atom. The average Bonchev–Trinajstić information content (AvgIpc) is 2.71. The normalized spacial score (nSPS) is 11.1. The molecule has 3 aromatic rings. The molecule has 3 rings (SSSR count). The van der Waals surface area contributed by atoms with Crippen LogP contribution in [0.5, 0.6) is 17.4 Å². The monoisotopic (exact) mass is 438 g/mol. The van der Waals surface area contributed by atoms with E-state index in [0.29, 0.717) is 5.56 Å². The third kappa shape index (κ3) is 5.18. The molecule has 0 atom stereocenters. The summed E-state index contributed by atoms with van der Waals surface area (Å²) >= 11 is 5.99. The molecule has 0 bridgehead atoms. The minimum absolute atomic E-state index is 0.0530. The molecule has 0 saturated carbocycles. The van der Waals surface area contributed by atoms with Gasteiger partial charge in [0.25, 0.3) is 5.88 Å². The number of halogens is 4. The third-order valence-corrected chi connectivity index (χ3v) is 3.99. The second-order valence-corrected chi connectivity index (χ2v) is 6.17. The molecule has 0 aliphatic rings.